The van der Waals surface area contributed by atoms with Crippen molar-refractivity contribution >= 4 is 70.7 Å². The van der Waals surface area contributed by atoms with E-state index in [-0.39, 0.29) is 40.0 Å². The van der Waals surface area contributed by atoms with Crippen LogP contribution in [0.3, 0.4) is 0 Å². The van der Waals surface area contributed by atoms with Crippen LogP contribution in [-0.4, -0.2) is 99.2 Å². The summed E-state index contributed by atoms with van der Waals surface area (Å²) in [6.45, 7) is 12.0. The van der Waals surface area contributed by atoms with Crippen molar-refractivity contribution in [2.75, 3.05) is 24.6 Å². The lowest BCUT2D eigenvalue weighted by molar-refractivity contribution is -0.940. The highest BCUT2D eigenvalue weighted by Crippen LogP contribution is 2.45. The molecule has 1 aliphatic carbocycles. The minimum Gasteiger partial charge on any atom is -0.748 e. The van der Waals surface area contributed by atoms with Gasteiger partial charge in [-0.3, -0.25) is 15.0 Å². The van der Waals surface area contributed by atoms with Gasteiger partial charge in [0.1, 0.15) is 19.9 Å². The Hall–Kier alpha value is -5.30. The highest BCUT2D eigenvalue weighted by molar-refractivity contribution is 7.90. The van der Waals surface area contributed by atoms with Gasteiger partial charge in [-0.15, -0.1) is 5.06 Å². The number of imide groups is 1. The molecule has 2 heterocycles. The number of hydroxylamine groups is 2. The largest absolute Gasteiger partial charge is 0.748 e. The predicted molar refractivity (Wildman–Crippen MR) is 206 cm³/mol. The molecule has 0 saturated carbocycles. The van der Waals surface area contributed by atoms with Gasteiger partial charge in [-0.05, 0) is 83.0 Å². The van der Waals surface area contributed by atoms with Gasteiger partial charge in [0.2, 0.25) is 10.0 Å². The van der Waals surface area contributed by atoms with Crippen molar-refractivity contribution in [1.82, 2.24) is 9.79 Å². The summed E-state index contributed by atoms with van der Waals surface area (Å²) in [5.41, 5.74) is 2.79. The summed E-state index contributed by atoms with van der Waals surface area (Å²) < 4.78 is 105. The molecule has 1 saturated heterocycles. The molecule has 0 radical (unpaired) electrons. The van der Waals surface area contributed by atoms with E-state index in [0.29, 0.717) is 0 Å². The number of aromatic carboxylic acids is 1. The van der Waals surface area contributed by atoms with Crippen molar-refractivity contribution in [2.24, 2.45) is 0 Å². The highest BCUT2D eigenvalue weighted by atomic mass is 32.2. The molecule has 0 unspecified atom stereocenters. The van der Waals surface area contributed by atoms with Crippen LogP contribution >= 0.6 is 0 Å². The molecule has 320 valence electrons. The molecule has 2 aliphatic heterocycles. The summed E-state index contributed by atoms with van der Waals surface area (Å²) in [5, 5.41) is 17.5. The van der Waals surface area contributed by atoms with Crippen LogP contribution in [0.5, 0.6) is 0 Å². The minimum absolute atomic E-state index is 0.217. The maximum Gasteiger partial charge on any atom is 0.363 e. The molecule has 2 aromatic rings. The second-order valence-electron chi connectivity index (χ2n) is 13.9. The van der Waals surface area contributed by atoms with Crippen LogP contribution in [0.4, 0.5) is 5.69 Å². The number of rotatable bonds is 14. The van der Waals surface area contributed by atoms with Crippen molar-refractivity contribution in [3.8, 4) is 22.5 Å². The molecule has 0 spiro atoms. The standard InChI is InChI=1S/C28H24N4O15S3.C8H19N/c29-18-6-4-15-22(14-3-2-13(12-17(14)27(35)36)28(37)47-32-20(33)8-9-21(32)34)16-5-7-19(30)26(50(43,44)45)24(16)46-23(15)25(18)49(41,42)31-10-1-11-48(38,39)40;1-6-9(7(2)3)8(4)5/h2-7,12,30-31H,1,8-11,29H2,(H,35,36)(H,38,39,40)(H,43,44,45);7-8H,6H2,1-5H3/p-1. The number of nitrogens with zero attached hydrogens (tertiary/aromatic N) is 1. The molecule has 2 aromatic carbocycles. The van der Waals surface area contributed by atoms with Crippen LogP contribution in [0, 0.1) is 5.41 Å². The van der Waals surface area contributed by atoms with Gasteiger partial charge >= 0.3 is 11.9 Å². The zero-order valence-corrected chi connectivity index (χ0v) is 34.8. The van der Waals surface area contributed by atoms with Crippen LogP contribution in [-0.2, 0) is 44.7 Å². The average Bonchev–Trinajstić information content (AvgIpc) is 3.43. The molecule has 1 fully saturated rings. The highest BCUT2D eigenvalue weighted by Gasteiger charge is 2.34. The van der Waals surface area contributed by atoms with E-state index in [1.807, 2.05) is 4.72 Å². The Balaban J connectivity index is 0.000000764. The predicted octanol–water partition coefficient (Wildman–Crippen LogP) is 1.01. The molecule has 2 amide bonds. The fourth-order valence-corrected chi connectivity index (χ4v) is 9.22. The van der Waals surface area contributed by atoms with E-state index < -0.39 is 116 Å². The van der Waals surface area contributed by atoms with E-state index in [1.54, 1.807) is 4.90 Å². The first-order valence-electron chi connectivity index (χ1n) is 17.9. The third-order valence-corrected chi connectivity index (χ3v) is 12.4. The van der Waals surface area contributed by atoms with E-state index >= 15 is 0 Å². The maximum absolute atomic E-state index is 13.5. The molecule has 23 heteroatoms. The van der Waals surface area contributed by atoms with Gasteiger partial charge in [0, 0.05) is 41.7 Å². The first-order valence-corrected chi connectivity index (χ1v) is 22.3. The summed E-state index contributed by atoms with van der Waals surface area (Å²) in [6, 6.07) is 8.69. The van der Waals surface area contributed by atoms with Crippen molar-refractivity contribution in [1.29, 1.82) is 5.41 Å². The number of carbonyl (C=O) groups excluding carboxylic acids is 3. The normalized spacial score (nSPS) is 13.8. The zero-order valence-electron chi connectivity index (χ0n) is 32.4. The number of carbonyl (C=O) groups is 4. The monoisotopic (exact) mass is 880 g/mol. The number of hydrogen-bond donors (Lipinski definition) is 5. The van der Waals surface area contributed by atoms with Crippen molar-refractivity contribution < 1.29 is 72.8 Å². The third-order valence-electron chi connectivity index (χ3n) is 9.21. The number of amides is 2. The Kier molecular flexibility index (Phi) is 14.1. The van der Waals surface area contributed by atoms with Crippen LogP contribution in [0.1, 0.15) is 74.6 Å². The first kappa shape index (κ1) is 46.4. The van der Waals surface area contributed by atoms with Crippen molar-refractivity contribution in [2.45, 2.75) is 75.8 Å². The summed E-state index contributed by atoms with van der Waals surface area (Å²) in [5.74, 6) is -6.38. The summed E-state index contributed by atoms with van der Waals surface area (Å²) in [7, 11) is -15.0. The van der Waals surface area contributed by atoms with Gasteiger partial charge in [0.15, 0.2) is 11.3 Å². The number of fused-ring (bicyclic) bond motifs is 2. The van der Waals surface area contributed by atoms with Crippen LogP contribution in [0.25, 0.3) is 33.4 Å². The first-order chi connectivity index (χ1) is 27.3. The second kappa shape index (κ2) is 17.9. The molecule has 0 atom stereocenters. The molecule has 59 heavy (non-hydrogen) atoms. The Morgan fingerprint density at radius 2 is 1.54 bits per heavy atom. The Labute approximate surface area is 339 Å². The molecular weight excluding hydrogens is 839 g/mol. The number of benzene rings is 3. The number of carboxylic acid groups (broad SMARTS) is 1. The molecule has 0 bridgehead atoms. The Bertz CT molecular complexity index is 2670. The van der Waals surface area contributed by atoms with Gasteiger partial charge in [0.25, 0.3) is 11.8 Å². The lowest BCUT2D eigenvalue weighted by atomic mass is 9.89. The Morgan fingerprint density at radius 1 is 0.949 bits per heavy atom. The molecule has 20 nitrogen and oxygen atoms in total. The van der Waals surface area contributed by atoms with Gasteiger partial charge in [0.05, 0.1) is 50.9 Å². The number of quaternary nitrogens is 1. The van der Waals surface area contributed by atoms with E-state index in [9.17, 15) is 58.6 Å². The van der Waals surface area contributed by atoms with E-state index in [1.165, 1.54) is 12.6 Å². The number of sulfonamides is 1. The number of nitrogens with one attached hydrogen (secondary N) is 3. The van der Waals surface area contributed by atoms with Crippen LogP contribution in [0.15, 0.2) is 56.7 Å². The third kappa shape index (κ3) is 10.5. The number of carboxylic acids is 1. The Morgan fingerprint density at radius 3 is 2.05 bits per heavy atom. The van der Waals surface area contributed by atoms with Crippen molar-refractivity contribution in [3.05, 3.63) is 58.9 Å². The van der Waals surface area contributed by atoms with Crippen molar-refractivity contribution in [3.63, 3.8) is 0 Å². The topological polar surface area (TPSA) is 329 Å². The lowest BCUT2D eigenvalue weighted by Crippen LogP contribution is -3.17. The fraction of sp³-hybridized carbons (Fsp3) is 0.361. The van der Waals surface area contributed by atoms with Gasteiger partial charge < -0.3 is 34.1 Å². The molecule has 6 N–H and O–H groups in total. The summed E-state index contributed by atoms with van der Waals surface area (Å²) in [4.78, 5) is 53.8. The van der Waals surface area contributed by atoms with Crippen LogP contribution < -0.4 is 20.7 Å². The van der Waals surface area contributed by atoms with E-state index in [4.69, 9.17) is 20.4 Å². The molecular formula is C36H42N5O15S3-. The zero-order chi connectivity index (χ0) is 44.4. The number of nitrogens with two attached hydrogens (primary N) is 1. The van der Waals surface area contributed by atoms with E-state index in [2.05, 4.69) is 34.6 Å². The SMILES string of the molecule is CC[NH+](C(C)C)C(C)C.N=c1ccc2c(-c3ccc(C(=O)ON4C(=O)CCC4=O)cc3C(=O)O)c3ccc(N)c(S(=O)(=O)NCCCS(=O)(=O)[O-])c3oc-2c1S(=O)(=O)[O-]. The number of nitrogen functional groups attached to an aromatic ring is 1. The number of anilines is 1. The molecule has 5 rings (SSSR count). The van der Waals surface area contributed by atoms with E-state index in [0.717, 1.165) is 48.5 Å². The number of hydrogen-bond acceptors (Lipinski definition) is 16. The molecule has 3 aliphatic rings. The maximum atomic E-state index is 13.5. The lowest BCUT2D eigenvalue weighted by Gasteiger charge is -2.25. The second-order valence-corrected chi connectivity index (χ2v) is 18.4. The summed E-state index contributed by atoms with van der Waals surface area (Å²) >= 11 is 0. The molecule has 0 aromatic heterocycles. The van der Waals surface area contributed by atoms with Gasteiger partial charge in [-0.1, -0.05) is 6.07 Å². The quantitative estimate of drug-likeness (QED) is 0.0388. The summed E-state index contributed by atoms with van der Waals surface area (Å²) in [6.07, 6.45) is -0.893. The fourth-order valence-electron chi connectivity index (χ4n) is 6.67. The van der Waals surface area contributed by atoms with Gasteiger partial charge in [-0.2, -0.15) is 0 Å². The minimum atomic E-state index is -5.53. The average molecular weight is 881 g/mol. The van der Waals surface area contributed by atoms with Gasteiger partial charge in [-0.25, -0.2) is 39.6 Å². The van der Waals surface area contributed by atoms with Crippen LogP contribution in [0.2, 0.25) is 0 Å². The smallest absolute Gasteiger partial charge is 0.363 e.